The van der Waals surface area contributed by atoms with Crippen LogP contribution in [-0.4, -0.2) is 22.5 Å². The molecule has 0 radical (unpaired) electrons. The monoisotopic (exact) mass is 579 g/mol. The third kappa shape index (κ3) is 6.01. The van der Waals surface area contributed by atoms with Crippen LogP contribution in [-0.2, 0) is 24.8 Å². The smallest absolute Gasteiger partial charge is 0.428 e. The van der Waals surface area contributed by atoms with Gasteiger partial charge in [0.05, 0.1) is 16.4 Å². The van der Waals surface area contributed by atoms with Crippen molar-refractivity contribution in [3.05, 3.63) is 105 Å². The number of rotatable bonds is 9. The average Bonchev–Trinajstić information content (AvgIpc) is 3.31. The molecule has 0 amide bonds. The number of nitrogens with zero attached hydrogens (tertiary/aromatic N) is 2. The Bertz CT molecular complexity index is 1410. The van der Waals surface area contributed by atoms with Crippen LogP contribution in [0.15, 0.2) is 66.9 Å². The molecule has 0 saturated carbocycles. The largest absolute Gasteiger partial charge is 0.461 e. The Morgan fingerprint density at radius 1 is 1.03 bits per heavy atom. The highest BCUT2D eigenvalue weighted by atomic mass is 35.5. The highest BCUT2D eigenvalue weighted by Gasteiger charge is 2.45. The Morgan fingerprint density at radius 2 is 1.79 bits per heavy atom. The second-order valence-electron chi connectivity index (χ2n) is 9.29. The van der Waals surface area contributed by atoms with Crippen molar-refractivity contribution >= 4 is 28.1 Å². The fraction of sp³-hybridized carbons (Fsp3) is 0.286. The van der Waals surface area contributed by atoms with E-state index in [1.54, 1.807) is 12.1 Å². The van der Waals surface area contributed by atoms with Crippen LogP contribution in [0.1, 0.15) is 40.2 Å². The third-order valence-electron chi connectivity index (χ3n) is 6.51. The molecular weight excluding hydrogens is 557 g/mol. The van der Waals surface area contributed by atoms with E-state index >= 15 is 0 Å². The van der Waals surface area contributed by atoms with Crippen molar-refractivity contribution in [2.24, 2.45) is 0 Å². The molecule has 39 heavy (non-hydrogen) atoms. The Kier molecular flexibility index (Phi) is 7.77. The molecule has 1 N–H and O–H groups in total. The van der Waals surface area contributed by atoms with Crippen LogP contribution in [0.5, 0.6) is 5.75 Å². The van der Waals surface area contributed by atoms with Crippen molar-refractivity contribution in [3.63, 3.8) is 0 Å². The molecule has 11 heteroatoms. The summed E-state index contributed by atoms with van der Waals surface area (Å²) in [5.41, 5.74) is 0.946. The van der Waals surface area contributed by atoms with Crippen molar-refractivity contribution in [2.45, 2.75) is 50.2 Å². The Hall–Kier alpha value is -3.24. The molecule has 2 heterocycles. The lowest BCUT2D eigenvalue weighted by molar-refractivity contribution is -0.253. The van der Waals surface area contributed by atoms with Gasteiger partial charge in [0.1, 0.15) is 17.1 Å². The highest BCUT2D eigenvalue weighted by Crippen LogP contribution is 2.41. The van der Waals surface area contributed by atoms with Gasteiger partial charge in [-0.05, 0) is 61.1 Å². The summed E-state index contributed by atoms with van der Waals surface area (Å²) in [6.45, 7) is 0. The van der Waals surface area contributed by atoms with E-state index in [-0.39, 0.29) is 12.0 Å². The van der Waals surface area contributed by atoms with Gasteiger partial charge in [-0.2, -0.15) is 17.6 Å². The molecule has 0 unspecified atom stereocenters. The number of alkyl halides is 4. The highest BCUT2D eigenvalue weighted by molar-refractivity contribution is 7.15. The topological polar surface area (TPSA) is 47.0 Å². The van der Waals surface area contributed by atoms with Gasteiger partial charge in [-0.1, -0.05) is 41.9 Å². The fourth-order valence-electron chi connectivity index (χ4n) is 4.71. The van der Waals surface area contributed by atoms with Crippen LogP contribution >= 0.6 is 22.9 Å². The second kappa shape index (κ2) is 11.1. The summed E-state index contributed by atoms with van der Waals surface area (Å²) < 4.78 is 72.8. The number of aryl methyl sites for hydroxylation is 2. The SMILES string of the molecule is Fc1cc(OC(F)(F)C(F)F)cc([C@@](Cc2ccccc2)(Nc2nc3c(s2)CCCC3)c2ccc(Cl)cn2)c1. The summed E-state index contributed by atoms with van der Waals surface area (Å²) in [6, 6.07) is 15.4. The van der Waals surface area contributed by atoms with Crippen LogP contribution in [0.3, 0.4) is 0 Å². The minimum Gasteiger partial charge on any atom is -0.428 e. The molecule has 2 aromatic carbocycles. The van der Waals surface area contributed by atoms with Gasteiger partial charge in [-0.3, -0.25) is 4.98 Å². The first kappa shape index (κ1) is 27.3. The molecule has 0 aliphatic heterocycles. The summed E-state index contributed by atoms with van der Waals surface area (Å²) in [5, 5.41) is 4.33. The molecule has 0 spiro atoms. The van der Waals surface area contributed by atoms with E-state index in [0.717, 1.165) is 54.0 Å². The van der Waals surface area contributed by atoms with Crippen LogP contribution in [0.2, 0.25) is 5.02 Å². The first-order chi connectivity index (χ1) is 18.6. The predicted octanol–water partition coefficient (Wildman–Crippen LogP) is 8.04. The van der Waals surface area contributed by atoms with Crippen molar-refractivity contribution in [1.29, 1.82) is 0 Å². The van der Waals surface area contributed by atoms with Crippen LogP contribution in [0.4, 0.5) is 27.1 Å². The molecule has 4 aromatic rings. The standard InChI is InChI=1S/C28H23ClF5N3OS/c29-19-10-11-24(35-16-19)27(15-17-6-2-1-3-7-17,37-26-36-22-8-4-5-9-23(22)39-26)18-12-20(30)14-21(13-18)38-28(33,34)25(31)32/h1-3,6-7,10-14,16,25H,4-5,8-9,15H2,(H,36,37)/t27-/m1/s1. The minimum atomic E-state index is -4.81. The van der Waals surface area contributed by atoms with Gasteiger partial charge in [0.25, 0.3) is 0 Å². The van der Waals surface area contributed by atoms with E-state index in [2.05, 4.69) is 15.0 Å². The van der Waals surface area contributed by atoms with Crippen LogP contribution < -0.4 is 10.1 Å². The summed E-state index contributed by atoms with van der Waals surface area (Å²) in [5.74, 6) is -1.69. The fourth-order valence-corrected chi connectivity index (χ4v) is 5.95. The number of fused-ring (bicyclic) bond motifs is 1. The normalized spacial score (nSPS) is 15.1. The zero-order chi connectivity index (χ0) is 27.6. The van der Waals surface area contributed by atoms with E-state index in [9.17, 15) is 22.0 Å². The number of anilines is 1. The first-order valence-electron chi connectivity index (χ1n) is 12.2. The molecule has 0 fully saturated rings. The quantitative estimate of drug-likeness (QED) is 0.204. The lowest BCUT2D eigenvalue weighted by atomic mass is 9.80. The molecule has 1 aliphatic rings. The van der Waals surface area contributed by atoms with Gasteiger partial charge in [-0.25, -0.2) is 9.37 Å². The van der Waals surface area contributed by atoms with Gasteiger partial charge in [0, 0.05) is 23.6 Å². The molecule has 1 aliphatic carbocycles. The van der Waals surface area contributed by atoms with Gasteiger partial charge < -0.3 is 10.1 Å². The lowest BCUT2D eigenvalue weighted by Crippen LogP contribution is -2.40. The number of aromatic nitrogens is 2. The predicted molar refractivity (Wildman–Crippen MR) is 141 cm³/mol. The van der Waals surface area contributed by atoms with Crippen LogP contribution in [0.25, 0.3) is 0 Å². The van der Waals surface area contributed by atoms with Gasteiger partial charge in [0.15, 0.2) is 5.13 Å². The summed E-state index contributed by atoms with van der Waals surface area (Å²) in [6.07, 6.45) is -3.52. The maximum Gasteiger partial charge on any atom is 0.461 e. The Balaban J connectivity index is 1.70. The van der Waals surface area contributed by atoms with E-state index in [1.807, 2.05) is 30.3 Å². The van der Waals surface area contributed by atoms with Gasteiger partial charge in [-0.15, -0.1) is 11.3 Å². The second-order valence-corrected chi connectivity index (χ2v) is 10.8. The maximum absolute atomic E-state index is 15.0. The molecule has 2 aromatic heterocycles. The Morgan fingerprint density at radius 3 is 2.49 bits per heavy atom. The molecular formula is C28H23ClF5N3OS. The lowest BCUT2D eigenvalue weighted by Gasteiger charge is -2.35. The molecule has 204 valence electrons. The summed E-state index contributed by atoms with van der Waals surface area (Å²) in [7, 11) is 0. The number of hydrogen-bond donors (Lipinski definition) is 1. The number of thiazole rings is 1. The molecule has 0 saturated heterocycles. The number of halogens is 6. The number of pyridine rings is 1. The van der Waals surface area contributed by atoms with Crippen molar-refractivity contribution in [2.75, 3.05) is 5.32 Å². The molecule has 5 rings (SSSR count). The summed E-state index contributed by atoms with van der Waals surface area (Å²) >= 11 is 7.59. The van der Waals surface area contributed by atoms with Crippen molar-refractivity contribution in [1.82, 2.24) is 9.97 Å². The van der Waals surface area contributed by atoms with Crippen LogP contribution in [0, 0.1) is 5.82 Å². The maximum atomic E-state index is 15.0. The minimum absolute atomic E-state index is 0.134. The summed E-state index contributed by atoms with van der Waals surface area (Å²) in [4.78, 5) is 10.4. The third-order valence-corrected chi connectivity index (χ3v) is 7.81. The molecule has 0 bridgehead atoms. The first-order valence-corrected chi connectivity index (χ1v) is 13.4. The van der Waals surface area contributed by atoms with E-state index in [4.69, 9.17) is 16.6 Å². The van der Waals surface area contributed by atoms with E-state index in [0.29, 0.717) is 21.9 Å². The number of hydrogen-bond acceptors (Lipinski definition) is 5. The molecule has 1 atom stereocenters. The number of benzene rings is 2. The van der Waals surface area contributed by atoms with E-state index < -0.39 is 29.6 Å². The number of nitrogens with one attached hydrogen (secondary N) is 1. The van der Waals surface area contributed by atoms with Crippen molar-refractivity contribution < 1.29 is 26.7 Å². The molecule has 4 nitrogen and oxygen atoms in total. The zero-order valence-corrected chi connectivity index (χ0v) is 22.0. The Labute approximate surface area is 230 Å². The van der Waals surface area contributed by atoms with E-state index in [1.165, 1.54) is 17.5 Å². The van der Waals surface area contributed by atoms with Gasteiger partial charge in [0.2, 0.25) is 0 Å². The average molecular weight is 580 g/mol. The van der Waals surface area contributed by atoms with Crippen molar-refractivity contribution in [3.8, 4) is 5.75 Å². The zero-order valence-electron chi connectivity index (χ0n) is 20.4. The van der Waals surface area contributed by atoms with Gasteiger partial charge >= 0.3 is 12.5 Å². The number of ether oxygens (including phenoxy) is 1.